The van der Waals surface area contributed by atoms with Crippen LogP contribution in [0.2, 0.25) is 0 Å². The Balaban J connectivity index is 2.08. The zero-order valence-corrected chi connectivity index (χ0v) is 11.7. The minimum Gasteiger partial charge on any atom is -0.347 e. The number of nitrogens with zero attached hydrogens (tertiary/aromatic N) is 1. The van der Waals surface area contributed by atoms with Crippen LogP contribution in [0.25, 0.3) is 0 Å². The second-order valence-electron chi connectivity index (χ2n) is 4.89. The summed E-state index contributed by atoms with van der Waals surface area (Å²) < 4.78 is 1.81. The van der Waals surface area contributed by atoms with Crippen molar-refractivity contribution in [3.8, 4) is 0 Å². The quantitative estimate of drug-likeness (QED) is 0.887. The molecule has 0 saturated heterocycles. The van der Waals surface area contributed by atoms with Gasteiger partial charge in [0.2, 0.25) is 0 Å². The fourth-order valence-electron chi connectivity index (χ4n) is 2.02. The van der Waals surface area contributed by atoms with E-state index in [4.69, 9.17) is 0 Å². The first-order valence-corrected chi connectivity index (χ1v) is 6.64. The van der Waals surface area contributed by atoms with E-state index in [-0.39, 0.29) is 5.91 Å². The largest absolute Gasteiger partial charge is 0.347 e. The molecule has 2 rings (SSSR count). The number of hydrogen-bond acceptors (Lipinski definition) is 1. The Morgan fingerprint density at radius 2 is 1.95 bits per heavy atom. The summed E-state index contributed by atoms with van der Waals surface area (Å²) >= 11 is 0. The van der Waals surface area contributed by atoms with E-state index in [2.05, 4.69) is 31.3 Å². The molecule has 1 N–H and O–H groups in total. The Hall–Kier alpha value is -2.03. The van der Waals surface area contributed by atoms with E-state index in [1.54, 1.807) is 0 Å². The third-order valence-corrected chi connectivity index (χ3v) is 3.53. The SMILES string of the molecule is CCC(C)c1ccc(NC(=O)c2cccn2C)cc1. The number of benzene rings is 1. The van der Waals surface area contributed by atoms with Crippen LogP contribution in [-0.2, 0) is 7.05 Å². The first kappa shape index (κ1) is 13.4. The molecule has 3 heteroatoms. The molecule has 0 aliphatic carbocycles. The molecule has 0 aliphatic heterocycles. The Bertz CT molecular complexity index is 554. The number of anilines is 1. The maximum absolute atomic E-state index is 12.0. The summed E-state index contributed by atoms with van der Waals surface area (Å²) in [4.78, 5) is 12.0. The summed E-state index contributed by atoms with van der Waals surface area (Å²) in [5.41, 5.74) is 2.80. The molecule has 19 heavy (non-hydrogen) atoms. The van der Waals surface area contributed by atoms with Crippen molar-refractivity contribution >= 4 is 11.6 Å². The molecule has 0 saturated carbocycles. The smallest absolute Gasteiger partial charge is 0.272 e. The lowest BCUT2D eigenvalue weighted by Gasteiger charge is -2.10. The van der Waals surface area contributed by atoms with Crippen molar-refractivity contribution in [2.45, 2.75) is 26.2 Å². The summed E-state index contributed by atoms with van der Waals surface area (Å²) in [7, 11) is 1.86. The van der Waals surface area contributed by atoms with Gasteiger partial charge in [-0.1, -0.05) is 26.0 Å². The highest BCUT2D eigenvalue weighted by atomic mass is 16.1. The van der Waals surface area contributed by atoms with Crippen LogP contribution < -0.4 is 5.32 Å². The topological polar surface area (TPSA) is 34.0 Å². The number of amides is 1. The standard InChI is InChI=1S/C16H20N2O/c1-4-12(2)13-7-9-14(10-8-13)17-16(19)15-6-5-11-18(15)3/h5-12H,4H2,1-3H3,(H,17,19). The maximum Gasteiger partial charge on any atom is 0.272 e. The first-order chi connectivity index (χ1) is 9.11. The van der Waals surface area contributed by atoms with Gasteiger partial charge in [0, 0.05) is 18.9 Å². The summed E-state index contributed by atoms with van der Waals surface area (Å²) in [6.07, 6.45) is 2.98. The average molecular weight is 256 g/mol. The predicted octanol–water partition coefficient (Wildman–Crippen LogP) is 3.79. The molecule has 100 valence electrons. The third kappa shape index (κ3) is 3.05. The Labute approximate surface area is 114 Å². The summed E-state index contributed by atoms with van der Waals surface area (Å²) in [6, 6.07) is 11.7. The van der Waals surface area contributed by atoms with Crippen LogP contribution in [0.4, 0.5) is 5.69 Å². The van der Waals surface area contributed by atoms with Crippen molar-refractivity contribution in [3.05, 3.63) is 53.9 Å². The fraction of sp³-hybridized carbons (Fsp3) is 0.312. The molecule has 1 atom stereocenters. The Morgan fingerprint density at radius 3 is 2.47 bits per heavy atom. The van der Waals surface area contributed by atoms with Crippen LogP contribution in [0.3, 0.4) is 0 Å². The predicted molar refractivity (Wildman–Crippen MR) is 78.5 cm³/mol. The van der Waals surface area contributed by atoms with Gasteiger partial charge in [-0.05, 0) is 42.2 Å². The normalized spacial score (nSPS) is 12.2. The van der Waals surface area contributed by atoms with Crippen molar-refractivity contribution in [1.82, 2.24) is 4.57 Å². The van der Waals surface area contributed by atoms with Gasteiger partial charge in [0.15, 0.2) is 0 Å². The van der Waals surface area contributed by atoms with E-state index >= 15 is 0 Å². The van der Waals surface area contributed by atoms with Gasteiger partial charge in [0.25, 0.3) is 5.91 Å². The molecule has 2 aromatic rings. The summed E-state index contributed by atoms with van der Waals surface area (Å²) in [6.45, 7) is 4.38. The highest BCUT2D eigenvalue weighted by molar-refractivity contribution is 6.03. The molecule has 0 bridgehead atoms. The van der Waals surface area contributed by atoms with Crippen LogP contribution in [0.5, 0.6) is 0 Å². The number of carbonyl (C=O) groups is 1. The Kier molecular flexibility index (Phi) is 4.05. The molecular weight excluding hydrogens is 236 g/mol. The van der Waals surface area contributed by atoms with Crippen molar-refractivity contribution in [3.63, 3.8) is 0 Å². The van der Waals surface area contributed by atoms with Crippen molar-refractivity contribution in [2.24, 2.45) is 7.05 Å². The van der Waals surface area contributed by atoms with Gasteiger partial charge >= 0.3 is 0 Å². The van der Waals surface area contributed by atoms with Gasteiger partial charge in [-0.2, -0.15) is 0 Å². The number of aromatic nitrogens is 1. The molecule has 1 aromatic heterocycles. The number of aryl methyl sites for hydroxylation is 1. The number of hydrogen-bond donors (Lipinski definition) is 1. The van der Waals surface area contributed by atoms with Gasteiger partial charge in [-0.3, -0.25) is 4.79 Å². The second kappa shape index (κ2) is 5.74. The molecule has 0 spiro atoms. The van der Waals surface area contributed by atoms with E-state index in [0.717, 1.165) is 12.1 Å². The van der Waals surface area contributed by atoms with Gasteiger partial charge in [0.1, 0.15) is 5.69 Å². The third-order valence-electron chi connectivity index (χ3n) is 3.53. The van der Waals surface area contributed by atoms with Crippen LogP contribution >= 0.6 is 0 Å². The molecular formula is C16H20N2O. The number of carbonyl (C=O) groups excluding carboxylic acids is 1. The number of nitrogens with one attached hydrogen (secondary N) is 1. The van der Waals surface area contributed by atoms with E-state index < -0.39 is 0 Å². The maximum atomic E-state index is 12.0. The molecule has 1 heterocycles. The van der Waals surface area contributed by atoms with Crippen molar-refractivity contribution in [2.75, 3.05) is 5.32 Å². The Morgan fingerprint density at radius 1 is 1.26 bits per heavy atom. The van der Waals surface area contributed by atoms with E-state index in [9.17, 15) is 4.79 Å². The second-order valence-corrected chi connectivity index (χ2v) is 4.89. The lowest BCUT2D eigenvalue weighted by molar-refractivity contribution is 0.101. The lowest BCUT2D eigenvalue weighted by atomic mass is 9.99. The first-order valence-electron chi connectivity index (χ1n) is 6.64. The van der Waals surface area contributed by atoms with Gasteiger partial charge in [-0.25, -0.2) is 0 Å². The molecule has 1 amide bonds. The van der Waals surface area contributed by atoms with Crippen LogP contribution in [0, 0.1) is 0 Å². The van der Waals surface area contributed by atoms with Crippen LogP contribution in [-0.4, -0.2) is 10.5 Å². The van der Waals surface area contributed by atoms with E-state index in [1.165, 1.54) is 5.56 Å². The monoisotopic (exact) mass is 256 g/mol. The minimum atomic E-state index is -0.0798. The summed E-state index contributed by atoms with van der Waals surface area (Å²) in [5, 5.41) is 2.91. The molecule has 1 aromatic carbocycles. The lowest BCUT2D eigenvalue weighted by Crippen LogP contribution is -2.15. The molecule has 0 radical (unpaired) electrons. The zero-order valence-electron chi connectivity index (χ0n) is 11.7. The molecule has 1 unspecified atom stereocenters. The molecule has 0 fully saturated rings. The van der Waals surface area contributed by atoms with E-state index in [0.29, 0.717) is 11.6 Å². The highest BCUT2D eigenvalue weighted by Gasteiger charge is 2.09. The summed E-state index contributed by atoms with van der Waals surface area (Å²) in [5.74, 6) is 0.474. The van der Waals surface area contributed by atoms with Crippen LogP contribution in [0.1, 0.15) is 42.2 Å². The zero-order chi connectivity index (χ0) is 13.8. The van der Waals surface area contributed by atoms with Gasteiger partial charge < -0.3 is 9.88 Å². The van der Waals surface area contributed by atoms with E-state index in [1.807, 2.05) is 42.1 Å². The highest BCUT2D eigenvalue weighted by Crippen LogP contribution is 2.20. The van der Waals surface area contributed by atoms with Crippen molar-refractivity contribution < 1.29 is 4.79 Å². The number of rotatable bonds is 4. The average Bonchev–Trinajstić information content (AvgIpc) is 2.85. The van der Waals surface area contributed by atoms with Crippen LogP contribution in [0.15, 0.2) is 42.6 Å². The molecule has 0 aliphatic rings. The van der Waals surface area contributed by atoms with Crippen molar-refractivity contribution in [1.29, 1.82) is 0 Å². The van der Waals surface area contributed by atoms with Gasteiger partial charge in [-0.15, -0.1) is 0 Å². The van der Waals surface area contributed by atoms with Gasteiger partial charge in [0.05, 0.1) is 0 Å². The fourth-order valence-corrected chi connectivity index (χ4v) is 2.02. The minimum absolute atomic E-state index is 0.0798. The molecule has 3 nitrogen and oxygen atoms in total.